The van der Waals surface area contributed by atoms with Crippen molar-refractivity contribution in [2.75, 3.05) is 18.6 Å². The summed E-state index contributed by atoms with van der Waals surface area (Å²) in [5, 5.41) is 0. The van der Waals surface area contributed by atoms with E-state index in [-0.39, 0.29) is 23.7 Å². The number of amides is 1. The molecule has 6 nitrogen and oxygen atoms in total. The number of allylic oxidation sites excluding steroid dienone is 1. The lowest BCUT2D eigenvalue weighted by atomic mass is 10.1. The van der Waals surface area contributed by atoms with Gasteiger partial charge in [0.1, 0.15) is 17.3 Å². The van der Waals surface area contributed by atoms with Crippen molar-refractivity contribution in [1.29, 1.82) is 0 Å². The number of hydrogen-bond donors (Lipinski definition) is 0. The van der Waals surface area contributed by atoms with Crippen LogP contribution in [0.4, 0.5) is 5.69 Å². The number of nitrogens with zero attached hydrogens (tertiary/aromatic N) is 1. The molecule has 0 bridgehead atoms. The summed E-state index contributed by atoms with van der Waals surface area (Å²) < 4.78 is 15.9. The quantitative estimate of drug-likeness (QED) is 0.593. The highest BCUT2D eigenvalue weighted by molar-refractivity contribution is 6.23. The predicted molar refractivity (Wildman–Crippen MR) is 101 cm³/mol. The maximum atomic E-state index is 13.1. The van der Waals surface area contributed by atoms with Crippen LogP contribution in [0.15, 0.2) is 57.7 Å². The van der Waals surface area contributed by atoms with E-state index in [9.17, 15) is 9.59 Å². The second-order valence-electron chi connectivity index (χ2n) is 6.03. The summed E-state index contributed by atoms with van der Waals surface area (Å²) in [5.74, 6) is 1.06. The molecule has 140 valence electrons. The zero-order valence-electron chi connectivity index (χ0n) is 15.7. The largest absolute Gasteiger partial charge is 0.497 e. The van der Waals surface area contributed by atoms with Gasteiger partial charge in [0.05, 0.1) is 24.9 Å². The molecular formula is C21H21NO5. The molecule has 1 aliphatic rings. The molecule has 0 aliphatic carbocycles. The number of carbonyl (C=O) groups excluding carboxylic acids is 2. The number of anilines is 1. The average molecular weight is 367 g/mol. The van der Waals surface area contributed by atoms with Crippen molar-refractivity contribution in [3.63, 3.8) is 0 Å². The van der Waals surface area contributed by atoms with Gasteiger partial charge in [0, 0.05) is 11.4 Å². The fourth-order valence-electron chi connectivity index (χ4n) is 3.00. The van der Waals surface area contributed by atoms with Crippen LogP contribution in [-0.2, 0) is 14.3 Å². The van der Waals surface area contributed by atoms with Gasteiger partial charge in [-0.2, -0.15) is 0 Å². The predicted octanol–water partition coefficient (Wildman–Crippen LogP) is 3.86. The van der Waals surface area contributed by atoms with Gasteiger partial charge in [-0.25, -0.2) is 4.79 Å². The van der Waals surface area contributed by atoms with Crippen LogP contribution in [0.1, 0.15) is 25.4 Å². The molecule has 1 aromatic heterocycles. The van der Waals surface area contributed by atoms with E-state index in [0.717, 1.165) is 5.76 Å². The standard InChI is InChI=1S/C21H21NO5/c1-5-26-21(24)19-14(3)22(15-7-10-16(25-4)11-8-15)20(23)18(19)12-17-9-6-13(2)27-17/h6-12H,5H2,1-4H3/b18-12-. The number of hydrogen-bond acceptors (Lipinski definition) is 5. The van der Waals surface area contributed by atoms with Crippen LogP contribution in [0.25, 0.3) is 6.08 Å². The van der Waals surface area contributed by atoms with Crippen molar-refractivity contribution >= 4 is 23.6 Å². The van der Waals surface area contributed by atoms with E-state index in [1.54, 1.807) is 63.4 Å². The maximum Gasteiger partial charge on any atom is 0.340 e. The van der Waals surface area contributed by atoms with E-state index in [1.165, 1.54) is 4.90 Å². The Morgan fingerprint density at radius 1 is 1.15 bits per heavy atom. The molecule has 1 aliphatic heterocycles. The molecule has 0 fully saturated rings. The summed E-state index contributed by atoms with van der Waals surface area (Å²) in [6, 6.07) is 10.6. The van der Waals surface area contributed by atoms with Gasteiger partial charge in [-0.3, -0.25) is 9.69 Å². The molecule has 2 heterocycles. The fraction of sp³-hybridized carbons (Fsp3) is 0.238. The highest BCUT2D eigenvalue weighted by Gasteiger charge is 2.38. The van der Waals surface area contributed by atoms with E-state index in [2.05, 4.69) is 0 Å². The van der Waals surface area contributed by atoms with Crippen LogP contribution in [0.5, 0.6) is 5.75 Å². The number of aryl methyl sites for hydroxylation is 1. The van der Waals surface area contributed by atoms with E-state index in [0.29, 0.717) is 22.9 Å². The van der Waals surface area contributed by atoms with Crippen LogP contribution in [0.2, 0.25) is 0 Å². The molecule has 3 rings (SSSR count). The smallest absolute Gasteiger partial charge is 0.340 e. The van der Waals surface area contributed by atoms with Gasteiger partial charge in [-0.05, 0) is 63.2 Å². The van der Waals surface area contributed by atoms with Gasteiger partial charge < -0.3 is 13.9 Å². The van der Waals surface area contributed by atoms with E-state index < -0.39 is 5.97 Å². The van der Waals surface area contributed by atoms with E-state index in [1.807, 2.05) is 6.92 Å². The van der Waals surface area contributed by atoms with E-state index >= 15 is 0 Å². The lowest BCUT2D eigenvalue weighted by Gasteiger charge is -2.18. The highest BCUT2D eigenvalue weighted by atomic mass is 16.5. The van der Waals surface area contributed by atoms with Gasteiger partial charge in [-0.15, -0.1) is 0 Å². The van der Waals surface area contributed by atoms with Crippen LogP contribution >= 0.6 is 0 Å². The zero-order chi connectivity index (χ0) is 19.6. The first kappa shape index (κ1) is 18.5. The van der Waals surface area contributed by atoms with Crippen molar-refractivity contribution in [3.05, 3.63) is 64.8 Å². The van der Waals surface area contributed by atoms with Crippen LogP contribution in [-0.4, -0.2) is 25.6 Å². The third-order valence-electron chi connectivity index (χ3n) is 4.26. The minimum Gasteiger partial charge on any atom is -0.497 e. The SMILES string of the molecule is CCOC(=O)C1=C(C)N(c2ccc(OC)cc2)C(=O)/C1=C\c1ccc(C)o1. The molecule has 0 unspecified atom stereocenters. The van der Waals surface area contributed by atoms with Gasteiger partial charge >= 0.3 is 5.97 Å². The number of ether oxygens (including phenoxy) is 2. The Morgan fingerprint density at radius 3 is 2.41 bits per heavy atom. The Hall–Kier alpha value is -3.28. The molecule has 0 radical (unpaired) electrons. The maximum absolute atomic E-state index is 13.1. The van der Waals surface area contributed by atoms with Crippen molar-refractivity contribution in [1.82, 2.24) is 0 Å². The van der Waals surface area contributed by atoms with Crippen LogP contribution in [0, 0.1) is 6.92 Å². The molecule has 0 saturated heterocycles. The van der Waals surface area contributed by atoms with Crippen molar-refractivity contribution in [2.24, 2.45) is 0 Å². The molecule has 2 aromatic rings. The van der Waals surface area contributed by atoms with Crippen molar-refractivity contribution in [3.8, 4) is 5.75 Å². The van der Waals surface area contributed by atoms with E-state index in [4.69, 9.17) is 13.9 Å². The Balaban J connectivity index is 2.09. The highest BCUT2D eigenvalue weighted by Crippen LogP contribution is 2.36. The first-order chi connectivity index (χ1) is 13.0. The van der Waals surface area contributed by atoms with Gasteiger partial charge in [0.2, 0.25) is 0 Å². The average Bonchev–Trinajstić information content (AvgIpc) is 3.16. The first-order valence-corrected chi connectivity index (χ1v) is 8.61. The summed E-state index contributed by atoms with van der Waals surface area (Å²) in [5.41, 5.74) is 1.64. The summed E-state index contributed by atoms with van der Waals surface area (Å²) in [7, 11) is 1.58. The minimum absolute atomic E-state index is 0.222. The number of rotatable bonds is 5. The monoisotopic (exact) mass is 367 g/mol. The molecule has 0 atom stereocenters. The van der Waals surface area contributed by atoms with Gasteiger partial charge in [0.25, 0.3) is 5.91 Å². The molecule has 1 amide bonds. The Bertz CT molecular complexity index is 934. The van der Waals surface area contributed by atoms with Crippen LogP contribution in [0.3, 0.4) is 0 Å². The fourth-order valence-corrected chi connectivity index (χ4v) is 3.00. The molecule has 6 heteroatoms. The lowest BCUT2D eigenvalue weighted by Crippen LogP contribution is -2.24. The number of methoxy groups -OCH3 is 1. The van der Waals surface area contributed by atoms with Gasteiger partial charge in [-0.1, -0.05) is 0 Å². The van der Waals surface area contributed by atoms with Crippen molar-refractivity contribution < 1.29 is 23.5 Å². The first-order valence-electron chi connectivity index (χ1n) is 8.61. The zero-order valence-corrected chi connectivity index (χ0v) is 15.7. The molecular weight excluding hydrogens is 346 g/mol. The molecule has 0 spiro atoms. The molecule has 0 N–H and O–H groups in total. The normalized spacial score (nSPS) is 15.6. The summed E-state index contributed by atoms with van der Waals surface area (Å²) >= 11 is 0. The topological polar surface area (TPSA) is 69.0 Å². The third-order valence-corrected chi connectivity index (χ3v) is 4.26. The molecule has 0 saturated carbocycles. The van der Waals surface area contributed by atoms with Crippen molar-refractivity contribution in [2.45, 2.75) is 20.8 Å². The number of furan rings is 1. The Kier molecular flexibility index (Phi) is 5.16. The summed E-state index contributed by atoms with van der Waals surface area (Å²) in [6.07, 6.45) is 1.58. The van der Waals surface area contributed by atoms with Gasteiger partial charge in [0.15, 0.2) is 0 Å². The summed E-state index contributed by atoms with van der Waals surface area (Å²) in [4.78, 5) is 27.2. The summed E-state index contributed by atoms with van der Waals surface area (Å²) in [6.45, 7) is 5.49. The number of benzene rings is 1. The Morgan fingerprint density at radius 2 is 1.85 bits per heavy atom. The lowest BCUT2D eigenvalue weighted by molar-refractivity contribution is -0.138. The molecule has 1 aromatic carbocycles. The molecule has 27 heavy (non-hydrogen) atoms. The number of carbonyl (C=O) groups is 2. The van der Waals surface area contributed by atoms with Crippen LogP contribution < -0.4 is 9.64 Å². The third kappa shape index (κ3) is 3.51. The Labute approximate surface area is 157 Å². The second kappa shape index (κ2) is 7.53. The number of esters is 1. The minimum atomic E-state index is -0.533. The second-order valence-corrected chi connectivity index (χ2v) is 6.03.